The van der Waals surface area contributed by atoms with Gasteiger partial charge >= 0.3 is 0 Å². The van der Waals surface area contributed by atoms with Gasteiger partial charge in [0.2, 0.25) is 0 Å². The predicted molar refractivity (Wildman–Crippen MR) is 81.3 cm³/mol. The molecule has 0 aliphatic rings. The first-order chi connectivity index (χ1) is 8.65. The van der Waals surface area contributed by atoms with Crippen molar-refractivity contribution >= 4 is 33.4 Å². The molecule has 1 aromatic carbocycles. The smallest absolute Gasteiger partial charge is 0.0939 e. The summed E-state index contributed by atoms with van der Waals surface area (Å²) in [5.74, 6) is 1.02. The van der Waals surface area contributed by atoms with E-state index in [0.29, 0.717) is 0 Å². The maximum Gasteiger partial charge on any atom is 0.0939 e. The average Bonchev–Trinajstić information content (AvgIpc) is 2.66. The number of nitrogens with one attached hydrogen (secondary N) is 1. The molecule has 18 heavy (non-hydrogen) atoms. The molecule has 0 aliphatic heterocycles. The van der Waals surface area contributed by atoms with E-state index in [-0.39, 0.29) is 0 Å². The highest BCUT2D eigenvalue weighted by Crippen LogP contribution is 2.18. The van der Waals surface area contributed by atoms with Crippen LogP contribution in [-0.2, 0) is 7.05 Å². The van der Waals surface area contributed by atoms with Crippen LogP contribution in [0.2, 0.25) is 0 Å². The summed E-state index contributed by atoms with van der Waals surface area (Å²) in [7, 11) is 1.98. The number of aromatic nitrogens is 2. The number of hydrogen-bond acceptors (Lipinski definition) is 3. The molecule has 1 heterocycles. The van der Waals surface area contributed by atoms with Crippen LogP contribution in [-0.4, -0.2) is 22.1 Å². The molecule has 0 fully saturated rings. The van der Waals surface area contributed by atoms with Gasteiger partial charge in [0.05, 0.1) is 10.7 Å². The molecule has 96 valence electrons. The van der Waals surface area contributed by atoms with Gasteiger partial charge in [-0.25, -0.2) is 0 Å². The third kappa shape index (κ3) is 3.78. The number of aryl methyl sites for hydroxylation is 2. The van der Waals surface area contributed by atoms with Gasteiger partial charge in [-0.15, -0.1) is 11.8 Å². The molecule has 0 amide bonds. The van der Waals surface area contributed by atoms with Crippen LogP contribution in [0.5, 0.6) is 0 Å². The molecule has 1 N–H and O–H groups in total. The second-order valence-corrected chi connectivity index (χ2v) is 6.06. The third-order valence-electron chi connectivity index (χ3n) is 2.48. The van der Waals surface area contributed by atoms with Gasteiger partial charge in [-0.05, 0) is 37.3 Å². The zero-order chi connectivity index (χ0) is 13.0. The first-order valence-electron chi connectivity index (χ1n) is 5.78. The second-order valence-electron chi connectivity index (χ2n) is 4.03. The van der Waals surface area contributed by atoms with Crippen molar-refractivity contribution < 1.29 is 0 Å². The van der Waals surface area contributed by atoms with Crippen LogP contribution in [0.15, 0.2) is 39.8 Å². The molecule has 2 rings (SSSR count). The number of anilines is 1. The molecular formula is C13H16BrN3S. The van der Waals surface area contributed by atoms with Gasteiger partial charge in [0.25, 0.3) is 0 Å². The molecule has 0 saturated carbocycles. The first kappa shape index (κ1) is 13.5. The fourth-order valence-electron chi connectivity index (χ4n) is 1.64. The molecule has 0 aliphatic carbocycles. The minimum Gasteiger partial charge on any atom is -0.384 e. The van der Waals surface area contributed by atoms with E-state index < -0.39 is 0 Å². The van der Waals surface area contributed by atoms with E-state index >= 15 is 0 Å². The van der Waals surface area contributed by atoms with Crippen molar-refractivity contribution in [2.24, 2.45) is 7.05 Å². The van der Waals surface area contributed by atoms with Crippen molar-refractivity contribution in [3.63, 3.8) is 0 Å². The molecule has 0 saturated heterocycles. The number of rotatable bonds is 5. The zero-order valence-electron chi connectivity index (χ0n) is 10.5. The monoisotopic (exact) mass is 325 g/mol. The van der Waals surface area contributed by atoms with E-state index in [1.165, 1.54) is 5.03 Å². The molecule has 2 aromatic rings. The van der Waals surface area contributed by atoms with Crippen molar-refractivity contribution in [3.05, 3.63) is 40.5 Å². The highest BCUT2D eigenvalue weighted by atomic mass is 79.9. The van der Waals surface area contributed by atoms with Crippen LogP contribution in [0.3, 0.4) is 0 Å². The Hall–Kier alpha value is -0.940. The molecule has 0 atom stereocenters. The van der Waals surface area contributed by atoms with Crippen molar-refractivity contribution in [1.82, 2.24) is 9.78 Å². The van der Waals surface area contributed by atoms with Crippen LogP contribution in [0.25, 0.3) is 0 Å². The first-order valence-corrected chi connectivity index (χ1v) is 7.56. The summed E-state index contributed by atoms with van der Waals surface area (Å²) in [6, 6.07) is 10.3. The average molecular weight is 326 g/mol. The van der Waals surface area contributed by atoms with Crippen molar-refractivity contribution in [3.8, 4) is 0 Å². The molecule has 0 radical (unpaired) electrons. The van der Waals surface area contributed by atoms with Gasteiger partial charge in [0.1, 0.15) is 0 Å². The quantitative estimate of drug-likeness (QED) is 0.671. The minimum absolute atomic E-state index is 0.941. The summed E-state index contributed by atoms with van der Waals surface area (Å²) < 4.78 is 3.03. The molecule has 0 spiro atoms. The summed E-state index contributed by atoms with van der Waals surface area (Å²) in [4.78, 5) is 0. The molecule has 0 bridgehead atoms. The molecule has 5 heteroatoms. The number of hydrogen-bond donors (Lipinski definition) is 1. The lowest BCUT2D eigenvalue weighted by molar-refractivity contribution is 0.692. The lowest BCUT2D eigenvalue weighted by Gasteiger charge is -2.06. The summed E-state index contributed by atoms with van der Waals surface area (Å²) in [5.41, 5.74) is 2.22. The Morgan fingerprint density at radius 2 is 2.06 bits per heavy atom. The number of halogens is 1. The van der Waals surface area contributed by atoms with Crippen LogP contribution >= 0.6 is 27.7 Å². The lowest BCUT2D eigenvalue weighted by Crippen LogP contribution is -2.04. The Morgan fingerprint density at radius 3 is 2.67 bits per heavy atom. The van der Waals surface area contributed by atoms with E-state index in [0.717, 1.165) is 28.2 Å². The highest BCUT2D eigenvalue weighted by molar-refractivity contribution is 9.10. The van der Waals surface area contributed by atoms with Gasteiger partial charge in [0.15, 0.2) is 0 Å². The van der Waals surface area contributed by atoms with Crippen molar-refractivity contribution in [2.45, 2.75) is 11.9 Å². The van der Waals surface area contributed by atoms with Gasteiger partial charge in [-0.3, -0.25) is 4.68 Å². The number of benzene rings is 1. The highest BCUT2D eigenvalue weighted by Gasteiger charge is 2.01. The van der Waals surface area contributed by atoms with Crippen LogP contribution < -0.4 is 5.32 Å². The van der Waals surface area contributed by atoms with Gasteiger partial charge in [-0.2, -0.15) is 5.10 Å². The van der Waals surface area contributed by atoms with Crippen LogP contribution in [0.4, 0.5) is 5.69 Å². The SMILES string of the molecule is Cc1cc(SCCNc2ccc(Br)cc2)n(C)n1. The van der Waals surface area contributed by atoms with E-state index in [1.807, 2.05) is 42.5 Å². The van der Waals surface area contributed by atoms with E-state index in [9.17, 15) is 0 Å². The normalized spacial score (nSPS) is 10.6. The van der Waals surface area contributed by atoms with Crippen molar-refractivity contribution in [2.75, 3.05) is 17.6 Å². The van der Waals surface area contributed by atoms with E-state index in [1.54, 1.807) is 0 Å². The maximum atomic E-state index is 4.33. The molecule has 0 unspecified atom stereocenters. The Bertz CT molecular complexity index is 507. The summed E-state index contributed by atoms with van der Waals surface area (Å²) in [6.45, 7) is 2.96. The van der Waals surface area contributed by atoms with Gasteiger partial charge in [-0.1, -0.05) is 15.9 Å². The Balaban J connectivity index is 1.76. The summed E-state index contributed by atoms with van der Waals surface area (Å²) in [6.07, 6.45) is 0. The Labute approximate surface area is 120 Å². The van der Waals surface area contributed by atoms with E-state index in [4.69, 9.17) is 0 Å². The lowest BCUT2D eigenvalue weighted by atomic mass is 10.3. The number of nitrogens with zero attached hydrogens (tertiary/aromatic N) is 2. The van der Waals surface area contributed by atoms with Gasteiger partial charge < -0.3 is 5.32 Å². The standard InChI is InChI=1S/C13H16BrN3S/c1-10-9-13(17(2)16-10)18-8-7-15-12-5-3-11(14)4-6-12/h3-6,9,15H,7-8H2,1-2H3. The van der Waals surface area contributed by atoms with E-state index in [2.05, 4.69) is 44.5 Å². The fourth-order valence-corrected chi connectivity index (χ4v) is 2.80. The maximum absolute atomic E-state index is 4.33. The minimum atomic E-state index is 0.941. The van der Waals surface area contributed by atoms with Crippen molar-refractivity contribution in [1.29, 1.82) is 0 Å². The predicted octanol–water partition coefficient (Wildman–Crippen LogP) is 3.70. The topological polar surface area (TPSA) is 29.9 Å². The zero-order valence-corrected chi connectivity index (χ0v) is 12.9. The fraction of sp³-hybridized carbons (Fsp3) is 0.308. The van der Waals surface area contributed by atoms with Crippen LogP contribution in [0.1, 0.15) is 5.69 Å². The summed E-state index contributed by atoms with van der Waals surface area (Å²) >= 11 is 5.25. The Morgan fingerprint density at radius 1 is 1.33 bits per heavy atom. The second kappa shape index (κ2) is 6.29. The summed E-state index contributed by atoms with van der Waals surface area (Å²) in [5, 5.41) is 8.94. The van der Waals surface area contributed by atoms with Gasteiger partial charge in [0, 0.05) is 29.5 Å². The molecule has 1 aromatic heterocycles. The van der Waals surface area contributed by atoms with Crippen LogP contribution in [0, 0.1) is 6.92 Å². The Kier molecular flexibility index (Phi) is 4.72. The molecular weight excluding hydrogens is 310 g/mol. The largest absolute Gasteiger partial charge is 0.384 e. The number of thioether (sulfide) groups is 1. The molecule has 3 nitrogen and oxygen atoms in total. The third-order valence-corrected chi connectivity index (χ3v) is 4.10.